The minimum atomic E-state index is 0. The molecule has 1 aromatic carbocycles. The molecule has 0 saturated carbocycles. The van der Waals surface area contributed by atoms with Gasteiger partial charge in [0.05, 0.1) is 5.92 Å². The van der Waals surface area contributed by atoms with Gasteiger partial charge in [0.15, 0.2) is 0 Å². The van der Waals surface area contributed by atoms with Crippen molar-refractivity contribution < 1.29 is 4.79 Å². The number of amides is 1. The zero-order chi connectivity index (χ0) is 12.3. The minimum Gasteiger partial charge on any atom is -0.352 e. The Morgan fingerprint density at radius 2 is 2.22 bits per heavy atom. The van der Waals surface area contributed by atoms with Gasteiger partial charge in [-0.15, -0.1) is 24.2 Å². The molecule has 3 nitrogen and oxygen atoms in total. The van der Waals surface area contributed by atoms with Crippen molar-refractivity contribution in [1.82, 2.24) is 10.6 Å². The van der Waals surface area contributed by atoms with E-state index in [4.69, 9.17) is 0 Å². The maximum absolute atomic E-state index is 11.7. The highest BCUT2D eigenvalue weighted by Gasteiger charge is 2.24. The zero-order valence-corrected chi connectivity index (χ0v) is 12.3. The van der Waals surface area contributed by atoms with Gasteiger partial charge < -0.3 is 10.6 Å². The van der Waals surface area contributed by atoms with Crippen molar-refractivity contribution >= 4 is 30.1 Å². The fourth-order valence-electron chi connectivity index (χ4n) is 1.80. The molecule has 1 saturated heterocycles. The number of benzene rings is 1. The van der Waals surface area contributed by atoms with Crippen LogP contribution in [0.25, 0.3) is 0 Å². The number of halogens is 1. The molecule has 0 spiro atoms. The van der Waals surface area contributed by atoms with Gasteiger partial charge in [-0.05, 0) is 30.4 Å². The molecule has 1 aromatic rings. The van der Waals surface area contributed by atoms with Crippen LogP contribution in [0.1, 0.15) is 11.1 Å². The van der Waals surface area contributed by atoms with E-state index in [0.29, 0.717) is 6.54 Å². The predicted molar refractivity (Wildman–Crippen MR) is 78.4 cm³/mol. The van der Waals surface area contributed by atoms with Crippen LogP contribution in [0.2, 0.25) is 0 Å². The fourth-order valence-corrected chi connectivity index (χ4v) is 2.50. The number of carbonyl (C=O) groups excluding carboxylic acids is 1. The third-order valence-electron chi connectivity index (χ3n) is 3.05. The van der Waals surface area contributed by atoms with Crippen LogP contribution in [0.15, 0.2) is 23.1 Å². The maximum atomic E-state index is 11.7. The summed E-state index contributed by atoms with van der Waals surface area (Å²) in [5.41, 5.74) is 2.45. The molecule has 2 rings (SSSR count). The molecule has 100 valence electrons. The lowest BCUT2D eigenvalue weighted by Crippen LogP contribution is -2.50. The summed E-state index contributed by atoms with van der Waals surface area (Å²) in [4.78, 5) is 13.0. The monoisotopic (exact) mass is 286 g/mol. The van der Waals surface area contributed by atoms with Gasteiger partial charge in [0.2, 0.25) is 5.91 Å². The second-order valence-corrected chi connectivity index (χ2v) is 5.24. The maximum Gasteiger partial charge on any atom is 0.225 e. The Hall–Kier alpha value is -0.710. The Labute approximate surface area is 119 Å². The van der Waals surface area contributed by atoms with Gasteiger partial charge in [-0.1, -0.05) is 12.1 Å². The molecule has 18 heavy (non-hydrogen) atoms. The van der Waals surface area contributed by atoms with Gasteiger partial charge in [0, 0.05) is 24.5 Å². The number of carbonyl (C=O) groups is 1. The van der Waals surface area contributed by atoms with Crippen LogP contribution < -0.4 is 10.6 Å². The van der Waals surface area contributed by atoms with Crippen LogP contribution in [-0.4, -0.2) is 25.3 Å². The van der Waals surface area contributed by atoms with Crippen molar-refractivity contribution in [2.75, 3.05) is 19.3 Å². The third-order valence-corrected chi connectivity index (χ3v) is 3.87. The Morgan fingerprint density at radius 1 is 1.50 bits per heavy atom. The molecular formula is C13H19ClN2OS. The molecule has 1 aliphatic heterocycles. The van der Waals surface area contributed by atoms with E-state index in [1.807, 2.05) is 0 Å². The number of rotatable bonds is 4. The molecule has 0 aliphatic carbocycles. The van der Waals surface area contributed by atoms with Crippen molar-refractivity contribution in [3.8, 4) is 0 Å². The molecule has 0 radical (unpaired) electrons. The van der Waals surface area contributed by atoms with Crippen molar-refractivity contribution in [1.29, 1.82) is 0 Å². The number of hydrogen-bond donors (Lipinski definition) is 2. The van der Waals surface area contributed by atoms with Gasteiger partial charge in [0.25, 0.3) is 0 Å². The SMILES string of the molecule is CSc1cc(C)ccc1CNC(=O)C1CNC1.Cl. The van der Waals surface area contributed by atoms with Crippen LogP contribution in [0.5, 0.6) is 0 Å². The molecule has 0 aromatic heterocycles. The lowest BCUT2D eigenvalue weighted by atomic mass is 10.0. The van der Waals surface area contributed by atoms with E-state index < -0.39 is 0 Å². The summed E-state index contributed by atoms with van der Waals surface area (Å²) in [6.07, 6.45) is 2.07. The Bertz CT molecular complexity index is 421. The summed E-state index contributed by atoms with van der Waals surface area (Å²) in [6, 6.07) is 6.35. The van der Waals surface area contributed by atoms with Gasteiger partial charge in [0.1, 0.15) is 0 Å². The number of thioether (sulfide) groups is 1. The van der Waals surface area contributed by atoms with Gasteiger partial charge in [-0.25, -0.2) is 0 Å². The first-order chi connectivity index (χ1) is 8.20. The van der Waals surface area contributed by atoms with Crippen molar-refractivity contribution in [3.63, 3.8) is 0 Å². The first-order valence-electron chi connectivity index (χ1n) is 5.82. The van der Waals surface area contributed by atoms with E-state index in [2.05, 4.69) is 42.0 Å². The summed E-state index contributed by atoms with van der Waals surface area (Å²) >= 11 is 1.73. The summed E-state index contributed by atoms with van der Waals surface area (Å²) in [6.45, 7) is 4.35. The molecule has 2 N–H and O–H groups in total. The average molecular weight is 287 g/mol. The van der Waals surface area contributed by atoms with Crippen molar-refractivity contribution in [3.05, 3.63) is 29.3 Å². The Kier molecular flexibility index (Phi) is 5.99. The van der Waals surface area contributed by atoms with E-state index in [1.54, 1.807) is 11.8 Å². The highest BCUT2D eigenvalue weighted by Crippen LogP contribution is 2.21. The van der Waals surface area contributed by atoms with Crippen LogP contribution in [0.3, 0.4) is 0 Å². The van der Waals surface area contributed by atoms with Crippen molar-refractivity contribution in [2.45, 2.75) is 18.4 Å². The van der Waals surface area contributed by atoms with Crippen LogP contribution in [-0.2, 0) is 11.3 Å². The molecular weight excluding hydrogens is 268 g/mol. The quantitative estimate of drug-likeness (QED) is 0.832. The largest absolute Gasteiger partial charge is 0.352 e. The number of hydrogen-bond acceptors (Lipinski definition) is 3. The second-order valence-electron chi connectivity index (χ2n) is 4.39. The van der Waals surface area contributed by atoms with Gasteiger partial charge in [-0.3, -0.25) is 4.79 Å². The summed E-state index contributed by atoms with van der Waals surface area (Å²) in [5, 5.41) is 6.11. The highest BCUT2D eigenvalue weighted by molar-refractivity contribution is 7.98. The highest BCUT2D eigenvalue weighted by atomic mass is 35.5. The topological polar surface area (TPSA) is 41.1 Å². The normalized spacial score (nSPS) is 14.6. The van der Waals surface area contributed by atoms with Crippen LogP contribution in [0.4, 0.5) is 0 Å². The summed E-state index contributed by atoms with van der Waals surface area (Å²) < 4.78 is 0. The molecule has 1 heterocycles. The molecule has 0 unspecified atom stereocenters. The van der Waals surface area contributed by atoms with Crippen LogP contribution in [0, 0.1) is 12.8 Å². The first kappa shape index (κ1) is 15.3. The molecule has 1 fully saturated rings. The smallest absolute Gasteiger partial charge is 0.225 e. The van der Waals surface area contributed by atoms with Crippen LogP contribution >= 0.6 is 24.2 Å². The Balaban J connectivity index is 0.00000162. The lowest BCUT2D eigenvalue weighted by Gasteiger charge is -2.25. The minimum absolute atomic E-state index is 0. The summed E-state index contributed by atoms with van der Waals surface area (Å²) in [7, 11) is 0. The van der Waals surface area contributed by atoms with E-state index in [-0.39, 0.29) is 24.2 Å². The first-order valence-corrected chi connectivity index (χ1v) is 7.05. The standard InChI is InChI=1S/C13H18N2OS.ClH/c1-9-3-4-10(12(5-9)17-2)8-15-13(16)11-6-14-7-11;/h3-5,11,14H,6-8H2,1-2H3,(H,15,16);1H. The zero-order valence-electron chi connectivity index (χ0n) is 10.7. The fraction of sp³-hybridized carbons (Fsp3) is 0.462. The molecule has 0 bridgehead atoms. The van der Waals surface area contributed by atoms with E-state index in [1.165, 1.54) is 16.0 Å². The summed E-state index contributed by atoms with van der Waals surface area (Å²) in [5.74, 6) is 0.328. The average Bonchev–Trinajstić information content (AvgIpc) is 2.24. The predicted octanol–water partition coefficient (Wildman–Crippen LogP) is 1.97. The van der Waals surface area contributed by atoms with Gasteiger partial charge >= 0.3 is 0 Å². The third kappa shape index (κ3) is 3.64. The Morgan fingerprint density at radius 3 is 2.78 bits per heavy atom. The lowest BCUT2D eigenvalue weighted by molar-refractivity contribution is -0.126. The van der Waals surface area contributed by atoms with E-state index in [9.17, 15) is 4.79 Å². The second kappa shape index (κ2) is 7.02. The molecule has 1 amide bonds. The molecule has 0 atom stereocenters. The molecule has 5 heteroatoms. The number of nitrogens with one attached hydrogen (secondary N) is 2. The van der Waals surface area contributed by atoms with E-state index in [0.717, 1.165) is 13.1 Å². The molecule has 1 aliphatic rings. The van der Waals surface area contributed by atoms with Crippen molar-refractivity contribution in [2.24, 2.45) is 5.92 Å². The van der Waals surface area contributed by atoms with E-state index >= 15 is 0 Å². The number of aryl methyl sites for hydroxylation is 1. The van der Waals surface area contributed by atoms with Gasteiger partial charge in [-0.2, -0.15) is 0 Å².